The number of furan rings is 1. The Bertz CT molecular complexity index is 1530. The summed E-state index contributed by atoms with van der Waals surface area (Å²) in [6.07, 6.45) is 1.63. The highest BCUT2D eigenvalue weighted by Crippen LogP contribution is 2.57. The number of fused-ring (bicyclic) bond motifs is 2. The van der Waals surface area contributed by atoms with Crippen molar-refractivity contribution in [3.8, 4) is 0 Å². The molecule has 0 N–H and O–H groups in total. The number of amides is 1. The van der Waals surface area contributed by atoms with Crippen LogP contribution >= 0.6 is 11.6 Å². The van der Waals surface area contributed by atoms with Gasteiger partial charge >= 0.3 is 0 Å². The lowest BCUT2D eigenvalue weighted by Gasteiger charge is -2.36. The second-order valence-corrected chi connectivity index (χ2v) is 11.3. The lowest BCUT2D eigenvalue weighted by Crippen LogP contribution is -2.53. The number of likely N-dealkylation sites (N-methyl/N-ethyl adjacent to an activating group) is 1. The van der Waals surface area contributed by atoms with Crippen LogP contribution in [0.3, 0.4) is 0 Å². The number of hydrogen-bond donors (Lipinski definition) is 0. The van der Waals surface area contributed by atoms with E-state index >= 15 is 0 Å². The number of hydrogen-bond acceptors (Lipinski definition) is 4. The number of carbonyl (C=O) groups excluding carboxylic acids is 2. The smallest absolute Gasteiger partial charge is 0.253 e. The average Bonchev–Trinajstić information content (AvgIpc) is 3.64. The molecule has 0 radical (unpaired) electrons. The number of anilines is 1. The summed E-state index contributed by atoms with van der Waals surface area (Å²) in [7, 11) is 1.94. The molecule has 0 aliphatic carbocycles. The first-order valence-corrected chi connectivity index (χ1v) is 13.8. The Balaban J connectivity index is 1.51. The highest BCUT2D eigenvalue weighted by Gasteiger charge is 2.66. The van der Waals surface area contributed by atoms with E-state index in [0.717, 1.165) is 16.8 Å². The Hall–Kier alpha value is -3.67. The SMILES string of the molecule is CC(C)c1ccc(C(=O)[C@@H]2[C@@H](c3ccco3)CN(C)[C@@]23C(=O)N(Cc2ccccc2Cl)c2ccccc23)cc1. The van der Waals surface area contributed by atoms with E-state index in [1.54, 1.807) is 11.2 Å². The van der Waals surface area contributed by atoms with Gasteiger partial charge in [0.1, 0.15) is 11.3 Å². The fraction of sp³-hybridized carbons (Fsp3) is 0.273. The maximum Gasteiger partial charge on any atom is 0.253 e. The summed E-state index contributed by atoms with van der Waals surface area (Å²) >= 11 is 6.53. The molecule has 0 unspecified atom stereocenters. The van der Waals surface area contributed by atoms with Gasteiger partial charge in [0.05, 0.1) is 18.7 Å². The van der Waals surface area contributed by atoms with E-state index in [1.165, 1.54) is 5.56 Å². The highest BCUT2D eigenvalue weighted by atomic mass is 35.5. The number of nitrogens with zero attached hydrogens (tertiary/aromatic N) is 2. The molecule has 0 bridgehead atoms. The second kappa shape index (κ2) is 9.82. The molecule has 2 aliphatic rings. The van der Waals surface area contributed by atoms with Crippen molar-refractivity contribution in [1.29, 1.82) is 0 Å². The molecular formula is C33H31ClN2O3. The van der Waals surface area contributed by atoms with Crippen LogP contribution in [-0.2, 0) is 16.9 Å². The zero-order valence-electron chi connectivity index (χ0n) is 22.3. The molecule has 0 saturated carbocycles. The summed E-state index contributed by atoms with van der Waals surface area (Å²) in [6, 6.07) is 27.0. The van der Waals surface area contributed by atoms with Crippen molar-refractivity contribution < 1.29 is 14.0 Å². The van der Waals surface area contributed by atoms with E-state index in [4.69, 9.17) is 16.0 Å². The molecule has 1 aromatic heterocycles. The Labute approximate surface area is 234 Å². The summed E-state index contributed by atoms with van der Waals surface area (Å²) in [5, 5.41) is 0.606. The summed E-state index contributed by atoms with van der Waals surface area (Å²) in [6.45, 7) is 5.09. The fourth-order valence-electron chi connectivity index (χ4n) is 6.50. The summed E-state index contributed by atoms with van der Waals surface area (Å²) in [5.74, 6) is -0.0690. The molecule has 4 aromatic rings. The molecule has 39 heavy (non-hydrogen) atoms. The number of carbonyl (C=O) groups is 2. The van der Waals surface area contributed by atoms with Crippen LogP contribution in [0.1, 0.15) is 58.5 Å². The molecule has 1 fully saturated rings. The predicted octanol–water partition coefficient (Wildman–Crippen LogP) is 7.03. The molecule has 3 heterocycles. The molecule has 1 amide bonds. The van der Waals surface area contributed by atoms with Crippen LogP contribution in [0.25, 0.3) is 0 Å². The first-order chi connectivity index (χ1) is 18.8. The van der Waals surface area contributed by atoms with E-state index < -0.39 is 11.5 Å². The molecular weight excluding hydrogens is 508 g/mol. The fourth-order valence-corrected chi connectivity index (χ4v) is 6.69. The zero-order chi connectivity index (χ0) is 27.3. The van der Waals surface area contributed by atoms with Gasteiger partial charge in [-0.2, -0.15) is 0 Å². The first kappa shape index (κ1) is 25.6. The van der Waals surface area contributed by atoms with Crippen molar-refractivity contribution in [3.63, 3.8) is 0 Å². The molecule has 3 atom stereocenters. The number of rotatable bonds is 6. The quantitative estimate of drug-likeness (QED) is 0.247. The largest absolute Gasteiger partial charge is 0.469 e. The maximum atomic E-state index is 14.8. The zero-order valence-corrected chi connectivity index (χ0v) is 23.1. The van der Waals surface area contributed by atoms with E-state index in [1.807, 2.05) is 92.0 Å². The van der Waals surface area contributed by atoms with Gasteiger partial charge in [0, 0.05) is 34.3 Å². The van der Waals surface area contributed by atoms with Crippen molar-refractivity contribution in [3.05, 3.63) is 124 Å². The molecule has 2 aliphatic heterocycles. The average molecular weight is 539 g/mol. The number of benzene rings is 3. The van der Waals surface area contributed by atoms with Gasteiger partial charge < -0.3 is 9.32 Å². The van der Waals surface area contributed by atoms with Gasteiger partial charge in [-0.05, 0) is 48.4 Å². The molecule has 198 valence electrons. The number of ketones is 1. The minimum Gasteiger partial charge on any atom is -0.469 e. The maximum absolute atomic E-state index is 14.8. The van der Waals surface area contributed by atoms with Gasteiger partial charge in [-0.25, -0.2) is 0 Å². The van der Waals surface area contributed by atoms with E-state index in [0.29, 0.717) is 35.4 Å². The normalized spacial score (nSPS) is 22.7. The number of halogens is 1. The van der Waals surface area contributed by atoms with Crippen molar-refractivity contribution in [2.24, 2.45) is 5.92 Å². The van der Waals surface area contributed by atoms with Crippen molar-refractivity contribution in [2.75, 3.05) is 18.5 Å². The molecule has 6 heteroatoms. The predicted molar refractivity (Wildman–Crippen MR) is 153 cm³/mol. The Morgan fingerprint density at radius 1 is 1.00 bits per heavy atom. The van der Waals surface area contributed by atoms with Crippen LogP contribution in [0.4, 0.5) is 5.69 Å². The van der Waals surface area contributed by atoms with Crippen LogP contribution in [0, 0.1) is 5.92 Å². The van der Waals surface area contributed by atoms with Crippen LogP contribution in [-0.4, -0.2) is 30.2 Å². The number of likely N-dealkylation sites (tertiary alicyclic amines) is 1. The molecule has 3 aromatic carbocycles. The van der Waals surface area contributed by atoms with Crippen LogP contribution in [0.2, 0.25) is 5.02 Å². The molecule has 5 nitrogen and oxygen atoms in total. The summed E-state index contributed by atoms with van der Waals surface area (Å²) < 4.78 is 5.88. The first-order valence-electron chi connectivity index (χ1n) is 13.4. The van der Waals surface area contributed by atoms with Gasteiger partial charge in [0.15, 0.2) is 5.78 Å². The lowest BCUT2D eigenvalue weighted by molar-refractivity contribution is -0.129. The summed E-state index contributed by atoms with van der Waals surface area (Å²) in [5.41, 5.74) is 3.10. The molecule has 1 saturated heterocycles. The minimum atomic E-state index is -1.18. The number of para-hydroxylation sites is 1. The van der Waals surface area contributed by atoms with Crippen LogP contribution in [0.5, 0.6) is 0 Å². The van der Waals surface area contributed by atoms with Gasteiger partial charge in [0.2, 0.25) is 0 Å². The van der Waals surface area contributed by atoms with E-state index in [2.05, 4.69) is 18.7 Å². The molecule has 6 rings (SSSR count). The van der Waals surface area contributed by atoms with Gasteiger partial charge in [0.25, 0.3) is 5.91 Å². The van der Waals surface area contributed by atoms with Crippen molar-refractivity contribution in [1.82, 2.24) is 4.90 Å². The summed E-state index contributed by atoms with van der Waals surface area (Å²) in [4.78, 5) is 33.2. The lowest BCUT2D eigenvalue weighted by atomic mass is 9.71. The van der Waals surface area contributed by atoms with Gasteiger partial charge in [-0.3, -0.25) is 14.5 Å². The van der Waals surface area contributed by atoms with Crippen molar-refractivity contribution in [2.45, 2.75) is 37.8 Å². The standard InChI is InChI=1S/C33H31ClN2O3/c1-21(2)22-14-16-23(17-15-22)31(37)30-25(29-13-8-18-39-29)20-35(3)33(30)26-10-5-7-12-28(26)36(32(33)38)19-24-9-4-6-11-27(24)34/h4-18,21,25,30H,19-20H2,1-3H3/t25-,30+,33-/m1/s1. The van der Waals surface area contributed by atoms with Gasteiger partial charge in [-0.15, -0.1) is 0 Å². The highest BCUT2D eigenvalue weighted by molar-refractivity contribution is 6.31. The van der Waals surface area contributed by atoms with Crippen LogP contribution in [0.15, 0.2) is 95.6 Å². The third-order valence-electron chi connectivity index (χ3n) is 8.44. The minimum absolute atomic E-state index is 0.0567. The monoisotopic (exact) mass is 538 g/mol. The van der Waals surface area contributed by atoms with Crippen molar-refractivity contribution >= 4 is 29.0 Å². The second-order valence-electron chi connectivity index (χ2n) is 10.9. The van der Waals surface area contributed by atoms with E-state index in [-0.39, 0.29) is 17.6 Å². The Morgan fingerprint density at radius 2 is 1.72 bits per heavy atom. The topological polar surface area (TPSA) is 53.8 Å². The van der Waals surface area contributed by atoms with E-state index in [9.17, 15) is 9.59 Å². The third kappa shape index (κ3) is 3.95. The third-order valence-corrected chi connectivity index (χ3v) is 8.81. The Morgan fingerprint density at radius 3 is 2.41 bits per heavy atom. The molecule has 1 spiro atoms. The van der Waals surface area contributed by atoms with Gasteiger partial charge in [-0.1, -0.05) is 86.1 Å². The number of Topliss-reactive ketones (excluding diaryl/α,β-unsaturated/α-hetero) is 1. The van der Waals surface area contributed by atoms with Crippen LogP contribution < -0.4 is 4.90 Å². The Kier molecular flexibility index (Phi) is 6.44.